The first-order valence-corrected chi connectivity index (χ1v) is 33.4. The summed E-state index contributed by atoms with van der Waals surface area (Å²) in [5, 5.41) is 0. The summed E-state index contributed by atoms with van der Waals surface area (Å²) in [5.41, 5.74) is 20.9. The Morgan fingerprint density at radius 1 is 0.293 bits per heavy atom. The van der Waals surface area contributed by atoms with Gasteiger partial charge in [-0.25, -0.2) is 0 Å². The summed E-state index contributed by atoms with van der Waals surface area (Å²) >= 11 is 0. The van der Waals surface area contributed by atoms with Gasteiger partial charge in [0.2, 0.25) is 0 Å². The van der Waals surface area contributed by atoms with Gasteiger partial charge in [0, 0.05) is 38.5 Å². The highest BCUT2D eigenvalue weighted by atomic mass is 16.5. The Morgan fingerprint density at radius 2 is 0.478 bits per heavy atom. The van der Waals surface area contributed by atoms with Crippen molar-refractivity contribution in [2.45, 2.75) is 209 Å². The molecule has 0 saturated carbocycles. The number of hydrogen-bond acceptors (Lipinski definition) is 6. The molecule has 0 unspecified atom stereocenters. The van der Waals surface area contributed by atoms with Crippen molar-refractivity contribution in [3.8, 4) is 34.5 Å². The first-order valence-electron chi connectivity index (χ1n) is 33.4. The van der Waals surface area contributed by atoms with Crippen LogP contribution in [0.1, 0.15) is 236 Å². The lowest BCUT2D eigenvalue weighted by Gasteiger charge is -2.29. The van der Waals surface area contributed by atoms with Crippen molar-refractivity contribution < 1.29 is 28.4 Å². The van der Waals surface area contributed by atoms with Crippen molar-refractivity contribution in [3.05, 3.63) is 259 Å². The van der Waals surface area contributed by atoms with Crippen molar-refractivity contribution in [2.75, 3.05) is 26.4 Å². The standard InChI is InChI=1S/C86H106O6/c1-23-30-87-75-57-35-58-42-70(82(8,9)10)46-62(76(58)88-31-24-2)38-67-51-74(86(20,21)22)52-68-40-64-48-72(84(14,15)16)44-60(78(64)90-33-26-4)36-59-43-71(83(11,12)13)47-63(77(59)89-32-25-3)39-66-50-73(85(17,18)19)49-65(37-61(75)45-69(41-57)81(5,6)7)79(66)91-53-55-28-27-29-56(34-55)54-92-80(67)68/h23-29,34,41-52H,1-4,30-33,35-40,53-54H2,5-22H3. The Hall–Kier alpha value is -7.70. The molecule has 0 radical (unpaired) electrons. The molecule has 0 aromatic heterocycles. The third-order valence-corrected chi connectivity index (χ3v) is 18.1. The van der Waals surface area contributed by atoms with Crippen LogP contribution in [-0.4, -0.2) is 26.4 Å². The molecule has 2 aliphatic rings. The predicted octanol–water partition coefficient (Wildman–Crippen LogP) is 21.1. The lowest BCUT2D eigenvalue weighted by molar-refractivity contribution is 0.293. The largest absolute Gasteiger partial charge is 0.489 e. The minimum absolute atomic E-state index is 0.225. The van der Waals surface area contributed by atoms with Gasteiger partial charge in [-0.15, -0.1) is 0 Å². The van der Waals surface area contributed by atoms with Gasteiger partial charge in [-0.2, -0.15) is 0 Å². The Labute approximate surface area is 554 Å². The Balaban J connectivity index is 1.53. The van der Waals surface area contributed by atoms with Crippen molar-refractivity contribution in [3.63, 3.8) is 0 Å². The quantitative estimate of drug-likeness (QED) is 0.114. The fourth-order valence-electron chi connectivity index (χ4n) is 12.7. The fraction of sp³-hybridized carbons (Fsp3) is 0.419. The monoisotopic (exact) mass is 1230 g/mol. The van der Waals surface area contributed by atoms with Gasteiger partial charge < -0.3 is 28.4 Å². The van der Waals surface area contributed by atoms with Crippen LogP contribution in [0.15, 0.2) is 148 Å². The molecule has 0 atom stereocenters. The highest BCUT2D eigenvalue weighted by molar-refractivity contribution is 5.62. The van der Waals surface area contributed by atoms with E-state index in [9.17, 15) is 0 Å². The van der Waals surface area contributed by atoms with E-state index < -0.39 is 0 Å². The topological polar surface area (TPSA) is 55.4 Å². The summed E-state index contributed by atoms with van der Waals surface area (Å²) in [6.07, 6.45) is 10.6. The average Bonchev–Trinajstić information content (AvgIpc) is 0.799. The molecule has 0 fully saturated rings. The number of rotatable bonds is 12. The van der Waals surface area contributed by atoms with E-state index in [2.05, 4.69) is 248 Å². The van der Waals surface area contributed by atoms with E-state index in [0.29, 0.717) is 78.2 Å². The predicted molar refractivity (Wildman–Crippen MR) is 386 cm³/mol. The Bertz CT molecular complexity index is 3440. The normalized spacial score (nSPS) is 13.9. The Morgan fingerprint density at radius 3 is 0.663 bits per heavy atom. The number of ether oxygens (including phenoxy) is 6. The average molecular weight is 1240 g/mol. The molecule has 0 aliphatic carbocycles. The zero-order valence-electron chi connectivity index (χ0n) is 59.3. The summed E-state index contributed by atoms with van der Waals surface area (Å²) < 4.78 is 43.6. The van der Waals surface area contributed by atoms with Crippen molar-refractivity contribution in [1.29, 1.82) is 0 Å². The molecular weight excluding hydrogens is 1130 g/mol. The fourth-order valence-corrected chi connectivity index (χ4v) is 12.7. The molecule has 7 aromatic rings. The molecule has 6 nitrogen and oxygen atoms in total. The highest BCUT2D eigenvalue weighted by Gasteiger charge is 2.32. The minimum atomic E-state index is -0.241. The van der Waals surface area contributed by atoms with E-state index in [-0.39, 0.29) is 32.5 Å². The second-order valence-corrected chi connectivity index (χ2v) is 32.1. The van der Waals surface area contributed by atoms with Crippen LogP contribution in [0.25, 0.3) is 0 Å². The van der Waals surface area contributed by atoms with Crippen molar-refractivity contribution in [2.24, 2.45) is 0 Å². The molecule has 12 bridgehead atoms. The summed E-state index contributed by atoms with van der Waals surface area (Å²) in [5.74, 6) is 5.06. The highest BCUT2D eigenvalue weighted by Crippen LogP contribution is 2.47. The van der Waals surface area contributed by atoms with E-state index in [1.807, 2.05) is 24.3 Å². The molecule has 2 heterocycles. The van der Waals surface area contributed by atoms with Crippen LogP contribution in [0.3, 0.4) is 0 Å². The van der Waals surface area contributed by atoms with Gasteiger partial charge in [-0.1, -0.05) is 266 Å². The van der Waals surface area contributed by atoms with Crippen LogP contribution in [0.2, 0.25) is 0 Å². The summed E-state index contributed by atoms with van der Waals surface area (Å²) in [6.45, 7) is 60.3. The van der Waals surface area contributed by atoms with E-state index in [1.54, 1.807) is 0 Å². The zero-order valence-corrected chi connectivity index (χ0v) is 59.3. The molecule has 0 amide bonds. The minimum Gasteiger partial charge on any atom is -0.489 e. The van der Waals surface area contributed by atoms with Crippen molar-refractivity contribution in [1.82, 2.24) is 0 Å². The molecule has 486 valence electrons. The van der Waals surface area contributed by atoms with Crippen LogP contribution in [0.4, 0.5) is 0 Å². The third-order valence-electron chi connectivity index (χ3n) is 18.1. The molecule has 0 saturated heterocycles. The first kappa shape index (κ1) is 68.7. The van der Waals surface area contributed by atoms with Gasteiger partial charge in [0.15, 0.2) is 0 Å². The number of hydrogen-bond donors (Lipinski definition) is 0. The second-order valence-electron chi connectivity index (χ2n) is 32.1. The molecule has 0 spiro atoms. The van der Waals surface area contributed by atoms with Crippen LogP contribution < -0.4 is 28.4 Å². The van der Waals surface area contributed by atoms with Crippen LogP contribution in [-0.2, 0) is 84.2 Å². The maximum absolute atomic E-state index is 7.56. The Kier molecular flexibility index (Phi) is 20.2. The van der Waals surface area contributed by atoms with Crippen LogP contribution >= 0.6 is 0 Å². The zero-order chi connectivity index (χ0) is 66.9. The van der Waals surface area contributed by atoms with Gasteiger partial charge in [0.1, 0.15) is 74.1 Å². The lowest BCUT2D eigenvalue weighted by Crippen LogP contribution is -2.18. The van der Waals surface area contributed by atoms with Crippen LogP contribution in [0, 0.1) is 0 Å². The van der Waals surface area contributed by atoms with E-state index in [4.69, 9.17) is 28.4 Å². The molecule has 7 aromatic carbocycles. The smallest absolute Gasteiger partial charge is 0.126 e. The molecule has 2 aliphatic heterocycles. The molecule has 6 heteroatoms. The van der Waals surface area contributed by atoms with E-state index >= 15 is 0 Å². The maximum Gasteiger partial charge on any atom is 0.126 e. The maximum atomic E-state index is 7.56. The molecule has 9 rings (SSSR count). The van der Waals surface area contributed by atoms with E-state index in [0.717, 1.165) is 112 Å². The number of benzene rings is 7. The van der Waals surface area contributed by atoms with Gasteiger partial charge in [-0.05, 0) is 150 Å². The molecule has 0 N–H and O–H groups in total. The van der Waals surface area contributed by atoms with Crippen molar-refractivity contribution >= 4 is 0 Å². The SMILES string of the molecule is C=CCOc1c2cc(C(C)(C)C)cc1Cc1cc(C(C)(C)C)cc3c1OCc1cccc(c1)COc1c(cc(C(C)(C)C)cc1Cc1cc(C(C)(C)C)cc(c1OCC=C)Cc1cc(C(C)(C)C)cc(c1OCC=C)C3)Cc1cc(C(C)(C)C)cc(c1OCC=C)C2. The van der Waals surface area contributed by atoms with Gasteiger partial charge >= 0.3 is 0 Å². The lowest BCUT2D eigenvalue weighted by atomic mass is 9.79. The van der Waals surface area contributed by atoms with E-state index in [1.165, 1.54) is 33.4 Å². The third kappa shape index (κ3) is 16.0. The molecular formula is C86H106O6. The van der Waals surface area contributed by atoms with Crippen LogP contribution in [0.5, 0.6) is 34.5 Å². The van der Waals surface area contributed by atoms with Gasteiger partial charge in [0.25, 0.3) is 0 Å². The van der Waals surface area contributed by atoms with Gasteiger partial charge in [0.05, 0.1) is 0 Å². The second kappa shape index (κ2) is 27.1. The number of fused-ring (bicyclic) bond motifs is 10. The first-order chi connectivity index (χ1) is 43.2. The van der Waals surface area contributed by atoms with Gasteiger partial charge in [-0.3, -0.25) is 0 Å². The summed E-state index contributed by atoms with van der Waals surface area (Å²) in [4.78, 5) is 0. The molecule has 92 heavy (non-hydrogen) atoms. The summed E-state index contributed by atoms with van der Waals surface area (Å²) in [6, 6.07) is 37.4. The summed E-state index contributed by atoms with van der Waals surface area (Å²) in [7, 11) is 0.